The van der Waals surface area contributed by atoms with Crippen LogP contribution in [0.1, 0.15) is 131 Å². The van der Waals surface area contributed by atoms with Crippen molar-refractivity contribution in [1.82, 2.24) is 0 Å². The third-order valence-electron chi connectivity index (χ3n) is 11.7. The van der Waals surface area contributed by atoms with Crippen LogP contribution >= 0.6 is 0 Å². The van der Waals surface area contributed by atoms with Gasteiger partial charge in [0, 0.05) is 6.61 Å². The predicted octanol–water partition coefficient (Wildman–Crippen LogP) is 9.33. The van der Waals surface area contributed by atoms with Crippen LogP contribution in [0.25, 0.3) is 0 Å². The van der Waals surface area contributed by atoms with Crippen molar-refractivity contribution in [2.24, 2.45) is 46.8 Å². The van der Waals surface area contributed by atoms with E-state index in [4.69, 9.17) is 9.47 Å². The Morgan fingerprint density at radius 3 is 2.60 bits per heavy atom. The van der Waals surface area contributed by atoms with Gasteiger partial charge in [-0.1, -0.05) is 65.0 Å². The minimum absolute atomic E-state index is 0.0700. The van der Waals surface area contributed by atoms with Gasteiger partial charge in [0.15, 0.2) is 6.29 Å². The van der Waals surface area contributed by atoms with Crippen LogP contribution in [0, 0.1) is 46.8 Å². The summed E-state index contributed by atoms with van der Waals surface area (Å²) in [7, 11) is 0. The summed E-state index contributed by atoms with van der Waals surface area (Å²) in [4.78, 5) is 0. The smallest absolute Gasteiger partial charge is 0.157 e. The molecule has 1 saturated heterocycles. The van der Waals surface area contributed by atoms with Crippen LogP contribution in [0.2, 0.25) is 0 Å². The maximum Gasteiger partial charge on any atom is 0.157 e. The Morgan fingerprint density at radius 1 is 1.00 bits per heavy atom. The highest BCUT2D eigenvalue weighted by molar-refractivity contribution is 5.29. The molecule has 35 heavy (non-hydrogen) atoms. The van der Waals surface area contributed by atoms with Crippen LogP contribution in [0.5, 0.6) is 0 Å². The van der Waals surface area contributed by atoms with Gasteiger partial charge >= 0.3 is 0 Å². The van der Waals surface area contributed by atoms with Gasteiger partial charge in [0.1, 0.15) is 0 Å². The molecule has 5 rings (SSSR count). The molecule has 5 unspecified atom stereocenters. The molecule has 3 fully saturated rings. The van der Waals surface area contributed by atoms with Crippen molar-refractivity contribution in [3.8, 4) is 0 Å². The molecule has 9 atom stereocenters. The van der Waals surface area contributed by atoms with Gasteiger partial charge in [0.25, 0.3) is 0 Å². The van der Waals surface area contributed by atoms with Gasteiger partial charge in [-0.25, -0.2) is 0 Å². The Labute approximate surface area is 217 Å². The van der Waals surface area contributed by atoms with Crippen molar-refractivity contribution >= 4 is 0 Å². The molecule has 0 N–H and O–H groups in total. The molecule has 2 nitrogen and oxygen atoms in total. The number of hydrogen-bond donors (Lipinski definition) is 0. The first kappa shape index (κ1) is 26.3. The predicted molar refractivity (Wildman–Crippen MR) is 146 cm³/mol. The largest absolute Gasteiger partial charge is 0.353 e. The van der Waals surface area contributed by atoms with Gasteiger partial charge in [-0.2, -0.15) is 0 Å². The van der Waals surface area contributed by atoms with Crippen molar-refractivity contribution in [1.29, 1.82) is 0 Å². The summed E-state index contributed by atoms with van der Waals surface area (Å²) in [6.45, 7) is 13.5. The summed E-state index contributed by atoms with van der Waals surface area (Å²) in [5.74, 6) is 6.39. The molecule has 1 aliphatic heterocycles. The maximum atomic E-state index is 6.53. The molecule has 5 aliphatic rings. The lowest BCUT2D eigenvalue weighted by Gasteiger charge is -2.55. The van der Waals surface area contributed by atoms with E-state index in [9.17, 15) is 0 Å². The molecule has 0 spiro atoms. The van der Waals surface area contributed by atoms with Crippen LogP contribution < -0.4 is 0 Å². The van der Waals surface area contributed by atoms with Gasteiger partial charge in [0.2, 0.25) is 0 Å². The van der Waals surface area contributed by atoms with Crippen molar-refractivity contribution in [2.75, 3.05) is 6.61 Å². The standard InChI is InChI=1S/C33H56O2/c1-6-24-20-29-27(26-14-13-25(21-28(24)26)35-32-12-7-8-19-34-32)17-18-33(5)30(15-16-31(29)33)23(4)11-9-10-22(2)3/h22-25,27,29-32H,6-21H2,1-5H3/t23-,24?,25+,27?,29-,30?,31?,32?,33-/m1/s1. The highest BCUT2D eigenvalue weighted by atomic mass is 16.7. The zero-order valence-electron chi connectivity index (χ0n) is 23.8. The fourth-order valence-corrected chi connectivity index (χ4v) is 9.91. The van der Waals surface area contributed by atoms with E-state index in [0.29, 0.717) is 11.5 Å². The molecule has 2 heteroatoms. The number of hydrogen-bond acceptors (Lipinski definition) is 2. The number of allylic oxidation sites excluding steroid dienone is 1. The Morgan fingerprint density at radius 2 is 1.86 bits per heavy atom. The number of fused-ring (bicyclic) bond motifs is 4. The first-order valence-electron chi connectivity index (χ1n) is 15.9. The van der Waals surface area contributed by atoms with Crippen molar-refractivity contribution in [2.45, 2.75) is 143 Å². The molecule has 4 aliphatic carbocycles. The first-order chi connectivity index (χ1) is 16.9. The Balaban J connectivity index is 1.27. The van der Waals surface area contributed by atoms with Crippen LogP contribution in [0.15, 0.2) is 11.1 Å². The fourth-order valence-electron chi connectivity index (χ4n) is 9.91. The van der Waals surface area contributed by atoms with Crippen LogP contribution in [0.4, 0.5) is 0 Å². The SMILES string of the molecule is CCC1C[C@@H]2C(CC[C@@]3(C)C2CCC3[C@H](C)CCCC(C)C)C2=C1C[C@@H](OC1CCCCO1)CC2. The van der Waals surface area contributed by atoms with E-state index in [2.05, 4.69) is 34.6 Å². The molecule has 0 aromatic carbocycles. The minimum atomic E-state index is 0.0700. The van der Waals surface area contributed by atoms with Gasteiger partial charge in [-0.3, -0.25) is 0 Å². The topological polar surface area (TPSA) is 18.5 Å². The van der Waals surface area contributed by atoms with Crippen molar-refractivity contribution in [3.05, 3.63) is 11.1 Å². The number of rotatable bonds is 8. The Bertz CT molecular complexity index is 733. The van der Waals surface area contributed by atoms with Crippen LogP contribution in [0.3, 0.4) is 0 Å². The molecule has 1 heterocycles. The van der Waals surface area contributed by atoms with E-state index in [-0.39, 0.29) is 6.29 Å². The fraction of sp³-hybridized carbons (Fsp3) is 0.939. The summed E-state index contributed by atoms with van der Waals surface area (Å²) >= 11 is 0. The molecule has 0 amide bonds. The number of ether oxygens (including phenoxy) is 2. The van der Waals surface area contributed by atoms with Crippen LogP contribution in [-0.2, 0) is 9.47 Å². The van der Waals surface area contributed by atoms with Crippen molar-refractivity contribution in [3.63, 3.8) is 0 Å². The van der Waals surface area contributed by atoms with E-state index < -0.39 is 0 Å². The summed E-state index contributed by atoms with van der Waals surface area (Å²) in [5.41, 5.74) is 4.38. The van der Waals surface area contributed by atoms with Gasteiger partial charge in [-0.05, 0) is 124 Å². The highest BCUT2D eigenvalue weighted by Crippen LogP contribution is 2.65. The monoisotopic (exact) mass is 484 g/mol. The molecule has 200 valence electrons. The molecule has 0 aromatic heterocycles. The van der Waals surface area contributed by atoms with Gasteiger partial charge in [-0.15, -0.1) is 0 Å². The van der Waals surface area contributed by atoms with Crippen LogP contribution in [-0.4, -0.2) is 19.0 Å². The van der Waals surface area contributed by atoms with E-state index in [0.717, 1.165) is 54.5 Å². The third kappa shape index (κ3) is 5.32. The maximum absolute atomic E-state index is 6.53. The molecule has 2 saturated carbocycles. The second kappa shape index (κ2) is 11.2. The molecule has 0 aromatic rings. The Kier molecular flexibility index (Phi) is 8.40. The quantitative estimate of drug-likeness (QED) is 0.319. The second-order valence-electron chi connectivity index (χ2n) is 14.1. The summed E-state index contributed by atoms with van der Waals surface area (Å²) in [5, 5.41) is 0. The Hall–Kier alpha value is -0.340. The highest BCUT2D eigenvalue weighted by Gasteiger charge is 2.56. The zero-order valence-corrected chi connectivity index (χ0v) is 23.8. The average molecular weight is 485 g/mol. The first-order valence-corrected chi connectivity index (χ1v) is 15.9. The summed E-state index contributed by atoms with van der Waals surface area (Å²) in [6.07, 6.45) is 20.9. The molecular formula is C33H56O2. The van der Waals surface area contributed by atoms with E-state index >= 15 is 0 Å². The van der Waals surface area contributed by atoms with Crippen molar-refractivity contribution < 1.29 is 9.47 Å². The normalized spacial score (nSPS) is 42.5. The lowest BCUT2D eigenvalue weighted by Crippen LogP contribution is -2.46. The van der Waals surface area contributed by atoms with Gasteiger partial charge in [0.05, 0.1) is 6.10 Å². The lowest BCUT2D eigenvalue weighted by atomic mass is 9.50. The average Bonchev–Trinajstić information content (AvgIpc) is 3.21. The third-order valence-corrected chi connectivity index (χ3v) is 11.7. The minimum Gasteiger partial charge on any atom is -0.353 e. The van der Waals surface area contributed by atoms with Gasteiger partial charge < -0.3 is 9.47 Å². The van der Waals surface area contributed by atoms with E-state index in [1.165, 1.54) is 89.9 Å². The summed E-state index contributed by atoms with van der Waals surface area (Å²) < 4.78 is 12.5. The zero-order chi connectivity index (χ0) is 24.6. The summed E-state index contributed by atoms with van der Waals surface area (Å²) in [6, 6.07) is 0. The molecule has 0 bridgehead atoms. The second-order valence-corrected chi connectivity index (χ2v) is 14.1. The van der Waals surface area contributed by atoms with E-state index in [1.54, 1.807) is 0 Å². The molecular weight excluding hydrogens is 428 g/mol. The lowest BCUT2D eigenvalue weighted by molar-refractivity contribution is -0.190. The van der Waals surface area contributed by atoms with E-state index in [1.807, 2.05) is 11.1 Å². The molecule has 0 radical (unpaired) electrons.